The molecule has 0 amide bonds. The van der Waals surface area contributed by atoms with Gasteiger partial charge in [0.25, 0.3) is 0 Å². The molecule has 6 N–H and O–H groups in total. The third-order valence-corrected chi connectivity index (χ3v) is 4.75. The average Bonchev–Trinajstić information content (AvgIpc) is 2.65. The van der Waals surface area contributed by atoms with Crippen LogP contribution >= 0.6 is 0 Å². The third kappa shape index (κ3) is 11.1. The highest BCUT2D eigenvalue weighted by atomic mass is 16.3. The Balaban J connectivity index is 0.000000189. The Hall–Kier alpha value is -0.320. The molecule has 3 rings (SSSR count). The summed E-state index contributed by atoms with van der Waals surface area (Å²) in [5, 5.41) is 18.8. The van der Waals surface area contributed by atoms with Gasteiger partial charge in [-0.25, -0.2) is 0 Å². The molecule has 25 heavy (non-hydrogen) atoms. The number of nitrogens with zero attached hydrogens (tertiary/aromatic N) is 3. The maximum absolute atomic E-state index is 9.08. The molecule has 0 saturated carbocycles. The highest BCUT2D eigenvalue weighted by Crippen LogP contribution is 1.95. The summed E-state index contributed by atoms with van der Waals surface area (Å²) in [6.07, 6.45) is -0.0424. The number of likely N-dealkylation sites (N-methyl/N-ethyl adjacent to an activating group) is 1. The number of nitrogens with one attached hydrogen (secondary N) is 3. The van der Waals surface area contributed by atoms with Crippen molar-refractivity contribution >= 4 is 0 Å². The molecule has 8 heteroatoms. The van der Waals surface area contributed by atoms with E-state index in [4.69, 9.17) is 10.8 Å². The fraction of sp³-hybridized carbons (Fsp3) is 1.00. The fourth-order valence-corrected chi connectivity index (χ4v) is 2.92. The van der Waals surface area contributed by atoms with Crippen molar-refractivity contribution in [3.8, 4) is 0 Å². The molecule has 0 spiro atoms. The van der Waals surface area contributed by atoms with Crippen molar-refractivity contribution in [1.82, 2.24) is 30.7 Å². The standard InChI is InChI=1S/C6H15N3.C6H14N2O.C5H12N2/c1-6(7)9-4-2-8-3-5-9;1-6(9)8-4-2-7-3-5-8;1-7-4-2-6-3-5-7/h6,8H,2-5,7H2,1H3;6-7,9H,2-5H2,1H3;6H,2-5H2,1H3. The lowest BCUT2D eigenvalue weighted by molar-refractivity contribution is 0.0112. The van der Waals surface area contributed by atoms with Gasteiger partial charge in [0.1, 0.15) is 6.23 Å². The number of hydrogen-bond acceptors (Lipinski definition) is 8. The number of nitrogens with two attached hydrogens (primary N) is 1. The van der Waals surface area contributed by atoms with Crippen LogP contribution in [0, 0.1) is 0 Å². The van der Waals surface area contributed by atoms with E-state index in [1.165, 1.54) is 13.1 Å². The number of rotatable bonds is 2. The van der Waals surface area contributed by atoms with E-state index >= 15 is 0 Å². The number of aliphatic hydroxyl groups is 1. The van der Waals surface area contributed by atoms with Gasteiger partial charge in [0.15, 0.2) is 0 Å². The van der Waals surface area contributed by atoms with Gasteiger partial charge in [-0.1, -0.05) is 0 Å². The Morgan fingerprint density at radius 3 is 1.28 bits per heavy atom. The number of hydrogen-bond donors (Lipinski definition) is 5. The van der Waals surface area contributed by atoms with Gasteiger partial charge in [0.05, 0.1) is 6.17 Å². The Labute approximate surface area is 154 Å². The summed E-state index contributed by atoms with van der Waals surface area (Å²) < 4.78 is 0. The summed E-state index contributed by atoms with van der Waals surface area (Å²) in [7, 11) is 2.15. The summed E-state index contributed by atoms with van der Waals surface area (Å²) in [6.45, 7) is 16.9. The molecule has 3 heterocycles. The second kappa shape index (κ2) is 13.8. The minimum absolute atomic E-state index is 0.229. The van der Waals surface area contributed by atoms with Crippen molar-refractivity contribution in [3.05, 3.63) is 0 Å². The van der Waals surface area contributed by atoms with E-state index in [0.717, 1.165) is 65.4 Å². The van der Waals surface area contributed by atoms with Crippen LogP contribution in [0.15, 0.2) is 0 Å². The van der Waals surface area contributed by atoms with E-state index in [2.05, 4.69) is 37.7 Å². The van der Waals surface area contributed by atoms with Gasteiger partial charge in [-0.15, -0.1) is 0 Å². The molecule has 3 saturated heterocycles. The topological polar surface area (TPSA) is 92.1 Å². The van der Waals surface area contributed by atoms with Crippen molar-refractivity contribution in [2.75, 3.05) is 85.6 Å². The van der Waals surface area contributed by atoms with E-state index < -0.39 is 0 Å². The molecular formula is C17H41N7O. The smallest absolute Gasteiger partial charge is 0.104 e. The summed E-state index contributed by atoms with van der Waals surface area (Å²) in [6, 6.07) is 0. The van der Waals surface area contributed by atoms with Crippen LogP contribution in [0.5, 0.6) is 0 Å². The summed E-state index contributed by atoms with van der Waals surface area (Å²) in [4.78, 5) is 6.66. The Bertz CT molecular complexity index is 277. The third-order valence-electron chi connectivity index (χ3n) is 4.75. The maximum Gasteiger partial charge on any atom is 0.104 e. The van der Waals surface area contributed by atoms with Gasteiger partial charge in [0.2, 0.25) is 0 Å². The molecule has 3 fully saturated rings. The fourth-order valence-electron chi connectivity index (χ4n) is 2.92. The molecule has 2 atom stereocenters. The van der Waals surface area contributed by atoms with Crippen LogP contribution in [0.1, 0.15) is 13.8 Å². The quantitative estimate of drug-likeness (QED) is 0.385. The average molecular weight is 360 g/mol. The van der Waals surface area contributed by atoms with E-state index in [1.807, 2.05) is 13.8 Å². The van der Waals surface area contributed by atoms with Gasteiger partial charge in [0, 0.05) is 78.5 Å². The molecule has 0 radical (unpaired) electrons. The van der Waals surface area contributed by atoms with Crippen molar-refractivity contribution in [2.45, 2.75) is 26.2 Å². The lowest BCUT2D eigenvalue weighted by Crippen LogP contribution is -2.50. The van der Waals surface area contributed by atoms with Crippen LogP contribution in [0.4, 0.5) is 0 Å². The van der Waals surface area contributed by atoms with Crippen molar-refractivity contribution < 1.29 is 5.11 Å². The predicted octanol–water partition coefficient (Wildman–Crippen LogP) is -2.05. The molecule has 3 aliphatic rings. The van der Waals surface area contributed by atoms with Gasteiger partial charge < -0.3 is 31.7 Å². The Morgan fingerprint density at radius 1 is 0.720 bits per heavy atom. The Morgan fingerprint density at radius 2 is 1.08 bits per heavy atom. The van der Waals surface area contributed by atoms with Crippen LogP contribution in [-0.2, 0) is 0 Å². The van der Waals surface area contributed by atoms with Crippen LogP contribution in [0.25, 0.3) is 0 Å². The molecule has 0 aliphatic carbocycles. The molecule has 150 valence electrons. The van der Waals surface area contributed by atoms with E-state index in [1.54, 1.807) is 0 Å². The molecule has 0 bridgehead atoms. The first-order valence-electron chi connectivity index (χ1n) is 9.73. The monoisotopic (exact) mass is 359 g/mol. The van der Waals surface area contributed by atoms with Crippen LogP contribution in [-0.4, -0.2) is 118 Å². The molecule has 0 aromatic rings. The lowest BCUT2D eigenvalue weighted by Gasteiger charge is -2.30. The highest BCUT2D eigenvalue weighted by molar-refractivity contribution is 4.69. The van der Waals surface area contributed by atoms with Gasteiger partial charge in [-0.3, -0.25) is 9.80 Å². The molecular weight excluding hydrogens is 318 g/mol. The van der Waals surface area contributed by atoms with Crippen molar-refractivity contribution in [2.24, 2.45) is 5.73 Å². The maximum atomic E-state index is 9.08. The second-order valence-corrected chi connectivity index (χ2v) is 7.00. The highest BCUT2D eigenvalue weighted by Gasteiger charge is 2.12. The second-order valence-electron chi connectivity index (χ2n) is 7.00. The number of aliphatic hydroxyl groups excluding tert-OH is 1. The van der Waals surface area contributed by atoms with Gasteiger partial charge in [-0.2, -0.15) is 0 Å². The van der Waals surface area contributed by atoms with E-state index in [9.17, 15) is 0 Å². The predicted molar refractivity (Wildman–Crippen MR) is 105 cm³/mol. The van der Waals surface area contributed by atoms with Gasteiger partial charge >= 0.3 is 0 Å². The minimum Gasteiger partial charge on any atom is -0.379 e. The van der Waals surface area contributed by atoms with Crippen molar-refractivity contribution in [3.63, 3.8) is 0 Å². The van der Waals surface area contributed by atoms with E-state index in [0.29, 0.717) is 0 Å². The zero-order valence-corrected chi connectivity index (χ0v) is 16.5. The van der Waals surface area contributed by atoms with Gasteiger partial charge in [-0.05, 0) is 20.9 Å². The molecule has 8 nitrogen and oxygen atoms in total. The SMILES string of the molecule is CC(N)N1CCNCC1.CC(O)N1CCNCC1.CN1CCNCC1. The normalized spacial score (nSPS) is 25.8. The zero-order chi connectivity index (χ0) is 18.5. The first-order valence-corrected chi connectivity index (χ1v) is 9.73. The number of piperazine rings is 3. The Kier molecular flexibility index (Phi) is 12.6. The van der Waals surface area contributed by atoms with Crippen LogP contribution in [0.2, 0.25) is 0 Å². The molecule has 3 aliphatic heterocycles. The first kappa shape index (κ1) is 22.7. The summed E-state index contributed by atoms with van der Waals surface area (Å²) in [5.41, 5.74) is 5.67. The summed E-state index contributed by atoms with van der Waals surface area (Å²) in [5.74, 6) is 0. The first-order chi connectivity index (χ1) is 12.0. The summed E-state index contributed by atoms with van der Waals surface area (Å²) >= 11 is 0. The molecule has 2 unspecified atom stereocenters. The van der Waals surface area contributed by atoms with Crippen LogP contribution < -0.4 is 21.7 Å². The van der Waals surface area contributed by atoms with Crippen LogP contribution in [0.3, 0.4) is 0 Å². The zero-order valence-electron chi connectivity index (χ0n) is 16.5. The largest absolute Gasteiger partial charge is 0.379 e. The van der Waals surface area contributed by atoms with E-state index in [-0.39, 0.29) is 12.4 Å². The van der Waals surface area contributed by atoms with Crippen molar-refractivity contribution in [1.29, 1.82) is 0 Å². The minimum atomic E-state index is -0.271. The molecule has 0 aromatic heterocycles. The molecule has 0 aromatic carbocycles. The lowest BCUT2D eigenvalue weighted by atomic mass is 10.3.